The molecular weight excluding hydrogens is 617 g/mol. The Morgan fingerprint density at radius 1 is 0.688 bits per heavy atom. The lowest BCUT2D eigenvalue weighted by atomic mass is 9.90. The van der Waals surface area contributed by atoms with Crippen molar-refractivity contribution in [2.45, 2.75) is 13.3 Å². The number of nitriles is 4. The molecule has 2 aliphatic carbocycles. The average Bonchev–Trinajstić information content (AvgIpc) is 3.55. The molecule has 0 amide bonds. The van der Waals surface area contributed by atoms with Gasteiger partial charge in [-0.3, -0.25) is 0 Å². The van der Waals surface area contributed by atoms with Crippen molar-refractivity contribution >= 4 is 39.2 Å². The van der Waals surface area contributed by atoms with Gasteiger partial charge in [-0.2, -0.15) is 10.5 Å². The van der Waals surface area contributed by atoms with Gasteiger partial charge in [-0.25, -0.2) is 29.9 Å². The summed E-state index contributed by atoms with van der Waals surface area (Å²) < 4.78 is 44.9. The summed E-state index contributed by atoms with van der Waals surface area (Å²) in [6.07, 6.45) is -5.21. The number of hydrogen-bond acceptors (Lipinski definition) is 5. The summed E-state index contributed by atoms with van der Waals surface area (Å²) in [6, 6.07) is 17.9. The molecule has 0 heterocycles. The van der Waals surface area contributed by atoms with Gasteiger partial charge in [0.1, 0.15) is 11.8 Å². The molecule has 12 heteroatoms. The Morgan fingerprint density at radius 2 is 1.29 bits per heavy atom. The Balaban J connectivity index is 1.94. The van der Waals surface area contributed by atoms with Gasteiger partial charge in [-0.15, -0.1) is 13.2 Å². The van der Waals surface area contributed by atoms with E-state index in [0.717, 1.165) is 12.1 Å². The van der Waals surface area contributed by atoms with Gasteiger partial charge in [0.2, 0.25) is 5.70 Å². The number of halogens is 3. The van der Waals surface area contributed by atoms with Crippen LogP contribution in [0.25, 0.3) is 52.9 Å². The summed E-state index contributed by atoms with van der Waals surface area (Å²) >= 11 is 0. The molecule has 2 aliphatic rings. The number of nitrogens with zero attached hydrogens (tertiary/aromatic N) is 8. The highest BCUT2D eigenvalue weighted by Gasteiger charge is 2.39. The summed E-state index contributed by atoms with van der Waals surface area (Å²) in [6.45, 7) is 32.6. The zero-order valence-electron chi connectivity index (χ0n) is 24.2. The summed E-state index contributed by atoms with van der Waals surface area (Å²) in [5, 5.41) is 39.7. The largest absolute Gasteiger partial charge is 0.573 e. The predicted octanol–water partition coefficient (Wildman–Crippen LogP) is 8.87. The first-order chi connectivity index (χ1) is 23.0. The summed E-state index contributed by atoms with van der Waals surface area (Å²) in [5.74, 6) is -0.854. The van der Waals surface area contributed by atoms with Crippen molar-refractivity contribution in [3.63, 3.8) is 0 Å². The van der Waals surface area contributed by atoms with Crippen molar-refractivity contribution in [2.24, 2.45) is 0 Å². The van der Waals surface area contributed by atoms with Gasteiger partial charge in [0.25, 0.3) is 11.4 Å². The standard InChI is InChI=1S/C36H11F3N8O/c1-18-10-20(44-2)7-9-21(18)34-33(29(17-43)46-4)25-13-24-23(12-26(25)35(34)47-5)27(15-41)31(32(24)28(16-42)45-3)22-8-6-19(14-40)11-30(22)48-36(37,38)39/h6-13H,1H3/b32-28+,33-29-. The quantitative estimate of drug-likeness (QED) is 0.212. The second-order valence-corrected chi connectivity index (χ2v) is 10.0. The monoisotopic (exact) mass is 628 g/mol. The Hall–Kier alpha value is -7.87. The smallest absolute Gasteiger partial charge is 0.405 e. The van der Waals surface area contributed by atoms with E-state index in [4.69, 9.17) is 26.3 Å². The fourth-order valence-corrected chi connectivity index (χ4v) is 5.73. The first-order valence-corrected chi connectivity index (χ1v) is 13.3. The molecule has 0 saturated heterocycles. The molecular formula is C36H11F3N8O. The molecule has 0 radical (unpaired) electrons. The van der Waals surface area contributed by atoms with Crippen molar-refractivity contribution in [2.75, 3.05) is 0 Å². The second kappa shape index (κ2) is 11.9. The number of fused-ring (bicyclic) bond motifs is 2. The molecule has 0 atom stereocenters. The summed E-state index contributed by atoms with van der Waals surface area (Å²) in [4.78, 5) is 13.8. The van der Waals surface area contributed by atoms with Crippen LogP contribution in [0.15, 0.2) is 59.9 Å². The first kappa shape index (κ1) is 31.6. The van der Waals surface area contributed by atoms with Gasteiger partial charge in [-0.1, -0.05) is 29.8 Å². The van der Waals surface area contributed by atoms with Gasteiger partial charge in [-0.05, 0) is 70.2 Å². The van der Waals surface area contributed by atoms with E-state index in [0.29, 0.717) is 16.8 Å². The molecule has 0 aromatic heterocycles. The first-order valence-electron chi connectivity index (χ1n) is 13.3. The van der Waals surface area contributed by atoms with Crippen LogP contribution in [-0.2, 0) is 0 Å². The number of ether oxygens (including phenoxy) is 1. The lowest BCUT2D eigenvalue weighted by Gasteiger charge is -2.16. The van der Waals surface area contributed by atoms with Crippen LogP contribution in [0.5, 0.6) is 5.75 Å². The van der Waals surface area contributed by atoms with Crippen molar-refractivity contribution in [1.82, 2.24) is 0 Å². The fourth-order valence-electron chi connectivity index (χ4n) is 5.73. The molecule has 0 unspecified atom stereocenters. The van der Waals surface area contributed by atoms with Crippen molar-refractivity contribution < 1.29 is 17.9 Å². The molecule has 222 valence electrons. The third kappa shape index (κ3) is 4.94. The van der Waals surface area contributed by atoms with Crippen LogP contribution in [0.1, 0.15) is 44.5 Å². The molecule has 0 bridgehead atoms. The highest BCUT2D eigenvalue weighted by atomic mass is 19.4. The number of allylic oxidation sites excluding steroid dienone is 7. The lowest BCUT2D eigenvalue weighted by molar-refractivity contribution is -0.274. The van der Waals surface area contributed by atoms with E-state index in [1.165, 1.54) is 24.3 Å². The summed E-state index contributed by atoms with van der Waals surface area (Å²) in [7, 11) is 0. The number of aryl methyl sites for hydroxylation is 1. The van der Waals surface area contributed by atoms with Crippen molar-refractivity contribution in [1.29, 1.82) is 21.0 Å². The zero-order chi connectivity index (χ0) is 34.9. The van der Waals surface area contributed by atoms with Crippen LogP contribution >= 0.6 is 0 Å². The van der Waals surface area contributed by atoms with Crippen LogP contribution in [0.4, 0.5) is 18.9 Å². The molecule has 3 aromatic carbocycles. The molecule has 3 aromatic rings. The van der Waals surface area contributed by atoms with Gasteiger partial charge in [0.15, 0.2) is 5.69 Å². The van der Waals surface area contributed by atoms with E-state index < -0.39 is 23.5 Å². The van der Waals surface area contributed by atoms with Crippen LogP contribution in [0.2, 0.25) is 0 Å². The van der Waals surface area contributed by atoms with E-state index in [9.17, 15) is 34.2 Å². The van der Waals surface area contributed by atoms with E-state index in [2.05, 4.69) is 24.1 Å². The maximum Gasteiger partial charge on any atom is 0.573 e. The minimum absolute atomic E-state index is 0.000663. The molecule has 0 aliphatic heterocycles. The Bertz CT molecular complexity index is 2480. The van der Waals surface area contributed by atoms with Gasteiger partial charge >= 0.3 is 6.36 Å². The minimum atomic E-state index is -5.21. The van der Waals surface area contributed by atoms with Crippen LogP contribution in [-0.4, -0.2) is 6.36 Å². The van der Waals surface area contributed by atoms with E-state index >= 15 is 0 Å². The van der Waals surface area contributed by atoms with E-state index in [-0.39, 0.29) is 66.9 Å². The zero-order valence-corrected chi connectivity index (χ0v) is 24.2. The molecule has 9 nitrogen and oxygen atoms in total. The number of alkyl halides is 3. The number of benzene rings is 3. The number of rotatable bonds is 3. The molecule has 5 rings (SSSR count). The average molecular weight is 629 g/mol. The van der Waals surface area contributed by atoms with Crippen LogP contribution in [0, 0.1) is 78.5 Å². The maximum absolute atomic E-state index is 13.5. The minimum Gasteiger partial charge on any atom is -0.405 e. The SMILES string of the molecule is [C-]#[N+]C1=C(c2ccc([N+]#[C-])cc2C)/C(=C(/C#N)[N+]#[C-])c2cc3c(cc21)C(C#N)=C(c1ccc(C#N)cc1OC(F)(F)F)/C3=C(\C#N)[N+]#[C-]. The Kier molecular flexibility index (Phi) is 7.83. The number of hydrogen-bond donors (Lipinski definition) is 0. The van der Waals surface area contributed by atoms with Crippen LogP contribution < -0.4 is 4.74 Å². The summed E-state index contributed by atoms with van der Waals surface area (Å²) in [5.41, 5.74) is -0.100. The predicted molar refractivity (Wildman–Crippen MR) is 166 cm³/mol. The van der Waals surface area contributed by atoms with Crippen LogP contribution in [0.3, 0.4) is 0 Å². The molecule has 0 fully saturated rings. The fraction of sp³-hybridized carbons (Fsp3) is 0.0556. The topological polar surface area (TPSA) is 122 Å². The van der Waals surface area contributed by atoms with E-state index in [1.807, 2.05) is 12.1 Å². The van der Waals surface area contributed by atoms with Gasteiger partial charge < -0.3 is 4.74 Å². The Labute approximate surface area is 271 Å². The van der Waals surface area contributed by atoms with E-state index in [1.54, 1.807) is 31.2 Å². The highest BCUT2D eigenvalue weighted by molar-refractivity contribution is 6.29. The normalized spacial score (nSPS) is 14.8. The molecule has 0 spiro atoms. The molecule has 0 saturated carbocycles. The van der Waals surface area contributed by atoms with Gasteiger partial charge in [0, 0.05) is 16.7 Å². The molecule has 0 N–H and O–H groups in total. The third-order valence-corrected chi connectivity index (χ3v) is 7.55. The Morgan fingerprint density at radius 3 is 1.81 bits per heavy atom. The lowest BCUT2D eigenvalue weighted by Crippen LogP contribution is -2.18. The highest BCUT2D eigenvalue weighted by Crippen LogP contribution is 2.56. The van der Waals surface area contributed by atoms with Gasteiger partial charge in [0.05, 0.1) is 55.6 Å². The van der Waals surface area contributed by atoms with Crippen molar-refractivity contribution in [3.05, 3.63) is 150 Å². The third-order valence-electron chi connectivity index (χ3n) is 7.55. The molecule has 48 heavy (non-hydrogen) atoms. The van der Waals surface area contributed by atoms with Crippen molar-refractivity contribution in [3.8, 4) is 30.0 Å². The second-order valence-electron chi connectivity index (χ2n) is 10.0. The maximum atomic E-state index is 13.5.